The van der Waals surface area contributed by atoms with Gasteiger partial charge >= 0.3 is 6.09 Å². The Bertz CT molecular complexity index is 732. The average molecular weight is 340 g/mol. The summed E-state index contributed by atoms with van der Waals surface area (Å²) in [5.41, 5.74) is 4.15. The highest BCUT2D eigenvalue weighted by atomic mass is 16.5. The first-order valence-electron chi connectivity index (χ1n) is 7.76. The number of pyridine rings is 1. The third kappa shape index (κ3) is 6.44. The van der Waals surface area contributed by atoms with Gasteiger partial charge in [-0.2, -0.15) is 0 Å². The molecule has 7 nitrogen and oxygen atoms in total. The number of alkyl carbamates (subject to hydrolysis) is 1. The molecule has 0 aliphatic carbocycles. The van der Waals surface area contributed by atoms with Gasteiger partial charge in [0.25, 0.3) is 5.91 Å². The smallest absolute Gasteiger partial charge is 0.407 e. The summed E-state index contributed by atoms with van der Waals surface area (Å²) >= 11 is 0. The highest BCUT2D eigenvalue weighted by Gasteiger charge is 2.03. The fraction of sp³-hybridized carbons (Fsp3) is 0.167. The van der Waals surface area contributed by atoms with Crippen molar-refractivity contribution >= 4 is 18.1 Å². The van der Waals surface area contributed by atoms with Crippen molar-refractivity contribution in [3.05, 3.63) is 71.6 Å². The van der Waals surface area contributed by atoms with Crippen LogP contribution in [0.15, 0.2) is 54.9 Å². The second kappa shape index (κ2) is 9.84. The molecule has 2 amide bonds. The summed E-state index contributed by atoms with van der Waals surface area (Å²) in [5, 5.41) is 2.67. The summed E-state index contributed by atoms with van der Waals surface area (Å²) in [6.07, 6.45) is 6.92. The maximum absolute atomic E-state index is 11.6. The molecule has 4 N–H and O–H groups in total. The lowest BCUT2D eigenvalue weighted by Gasteiger charge is -2.05. The molecular formula is C18H20N4O3. The van der Waals surface area contributed by atoms with E-state index >= 15 is 0 Å². The van der Waals surface area contributed by atoms with Gasteiger partial charge in [0.2, 0.25) is 0 Å². The molecule has 0 bridgehead atoms. The predicted molar refractivity (Wildman–Crippen MR) is 94.2 cm³/mol. The Kier molecular flexibility index (Phi) is 7.14. The van der Waals surface area contributed by atoms with Crippen LogP contribution in [0.2, 0.25) is 0 Å². The van der Waals surface area contributed by atoms with Crippen molar-refractivity contribution in [3.8, 4) is 0 Å². The van der Waals surface area contributed by atoms with Crippen molar-refractivity contribution in [1.29, 1.82) is 0 Å². The molecule has 2 rings (SSSR count). The Morgan fingerprint density at radius 1 is 1.20 bits per heavy atom. The van der Waals surface area contributed by atoms with Crippen LogP contribution >= 0.6 is 0 Å². The normalized spacial score (nSPS) is 10.4. The zero-order chi connectivity index (χ0) is 17.9. The van der Waals surface area contributed by atoms with Gasteiger partial charge in [-0.15, -0.1) is 0 Å². The minimum absolute atomic E-state index is 0.240. The van der Waals surface area contributed by atoms with Crippen LogP contribution in [-0.2, 0) is 11.3 Å². The zero-order valence-corrected chi connectivity index (χ0v) is 13.6. The van der Waals surface area contributed by atoms with Crippen molar-refractivity contribution < 1.29 is 14.3 Å². The van der Waals surface area contributed by atoms with E-state index in [2.05, 4.69) is 15.7 Å². The summed E-state index contributed by atoms with van der Waals surface area (Å²) in [5.74, 6) is 4.69. The number of nitrogens with two attached hydrogens (primary N) is 1. The topological polar surface area (TPSA) is 106 Å². The highest BCUT2D eigenvalue weighted by molar-refractivity contribution is 5.93. The number of benzene rings is 1. The van der Waals surface area contributed by atoms with E-state index < -0.39 is 12.0 Å². The van der Waals surface area contributed by atoms with Crippen LogP contribution in [0.3, 0.4) is 0 Å². The summed E-state index contributed by atoms with van der Waals surface area (Å²) in [6.45, 7) is 0.685. The molecule has 1 aromatic carbocycles. The first kappa shape index (κ1) is 18.2. The second-order valence-corrected chi connectivity index (χ2v) is 5.16. The standard InChI is InChI=1S/C18H20N4O3/c19-22-17(23)16-10-15(11-20-12-16)8-4-5-9-21-18(24)25-13-14-6-2-1-3-7-14/h1-4,6-8,10-12H,5,9,13,19H2,(H,21,24)(H,22,23). The molecule has 0 radical (unpaired) electrons. The summed E-state index contributed by atoms with van der Waals surface area (Å²) in [4.78, 5) is 27.0. The van der Waals surface area contributed by atoms with E-state index in [9.17, 15) is 9.59 Å². The lowest BCUT2D eigenvalue weighted by molar-refractivity contribution is 0.0953. The third-order valence-electron chi connectivity index (χ3n) is 3.26. The number of aromatic nitrogens is 1. The number of hydrogen-bond donors (Lipinski definition) is 3. The predicted octanol–water partition coefficient (Wildman–Crippen LogP) is 2.01. The SMILES string of the molecule is NNC(=O)c1cncc(C=CCCNC(=O)OCc2ccccc2)c1. The van der Waals surface area contributed by atoms with Crippen LogP contribution in [0.5, 0.6) is 0 Å². The fourth-order valence-electron chi connectivity index (χ4n) is 2.01. The van der Waals surface area contributed by atoms with E-state index in [1.807, 2.05) is 42.5 Å². The van der Waals surface area contributed by atoms with Gasteiger partial charge in [0.1, 0.15) is 6.61 Å². The molecule has 130 valence electrons. The quantitative estimate of drug-likeness (QED) is 0.309. The molecule has 25 heavy (non-hydrogen) atoms. The number of hydrogen-bond acceptors (Lipinski definition) is 5. The maximum Gasteiger partial charge on any atom is 0.407 e. The first-order valence-corrected chi connectivity index (χ1v) is 7.76. The molecule has 0 unspecified atom stereocenters. The Morgan fingerprint density at radius 3 is 2.76 bits per heavy atom. The maximum atomic E-state index is 11.6. The number of nitrogen functional groups attached to an aromatic ring is 1. The van der Waals surface area contributed by atoms with E-state index in [1.165, 1.54) is 6.20 Å². The molecule has 0 aliphatic rings. The molecule has 0 saturated carbocycles. The number of nitrogens with zero attached hydrogens (tertiary/aromatic N) is 1. The van der Waals surface area contributed by atoms with Crippen LogP contribution in [0.1, 0.15) is 27.9 Å². The highest BCUT2D eigenvalue weighted by Crippen LogP contribution is 2.05. The van der Waals surface area contributed by atoms with Crippen molar-refractivity contribution in [2.75, 3.05) is 6.54 Å². The number of carbonyl (C=O) groups excluding carboxylic acids is 2. The van der Waals surface area contributed by atoms with Gasteiger partial charge in [-0.05, 0) is 23.6 Å². The summed E-state index contributed by atoms with van der Waals surface area (Å²) < 4.78 is 5.11. The molecule has 0 atom stereocenters. The van der Waals surface area contributed by atoms with Crippen LogP contribution in [0.25, 0.3) is 6.08 Å². The molecule has 2 aromatic rings. The van der Waals surface area contributed by atoms with Crippen LogP contribution < -0.4 is 16.6 Å². The monoisotopic (exact) mass is 340 g/mol. The lowest BCUT2D eigenvalue weighted by Crippen LogP contribution is -2.30. The number of hydrazine groups is 1. The second-order valence-electron chi connectivity index (χ2n) is 5.16. The number of rotatable bonds is 7. The minimum Gasteiger partial charge on any atom is -0.445 e. The molecule has 1 aromatic heterocycles. The summed E-state index contributed by atoms with van der Waals surface area (Å²) in [6, 6.07) is 11.1. The van der Waals surface area contributed by atoms with Gasteiger partial charge in [-0.3, -0.25) is 15.2 Å². The molecule has 0 aliphatic heterocycles. The average Bonchev–Trinajstić information content (AvgIpc) is 2.66. The molecule has 7 heteroatoms. The van der Waals surface area contributed by atoms with E-state index in [1.54, 1.807) is 12.3 Å². The Hall–Kier alpha value is -3.19. The van der Waals surface area contributed by atoms with Gasteiger partial charge in [0.05, 0.1) is 5.56 Å². The lowest BCUT2D eigenvalue weighted by atomic mass is 10.2. The van der Waals surface area contributed by atoms with Gasteiger partial charge < -0.3 is 10.1 Å². The Balaban J connectivity index is 1.69. The van der Waals surface area contributed by atoms with Gasteiger partial charge in [-0.1, -0.05) is 42.5 Å². The molecule has 0 spiro atoms. The Labute approximate surface area is 145 Å². The number of carbonyl (C=O) groups is 2. The van der Waals surface area contributed by atoms with E-state index in [0.29, 0.717) is 18.5 Å². The van der Waals surface area contributed by atoms with Gasteiger partial charge in [0, 0.05) is 18.9 Å². The van der Waals surface area contributed by atoms with Gasteiger partial charge in [0.15, 0.2) is 0 Å². The van der Waals surface area contributed by atoms with E-state index in [4.69, 9.17) is 10.6 Å². The Morgan fingerprint density at radius 2 is 2.00 bits per heavy atom. The van der Waals surface area contributed by atoms with Crippen LogP contribution in [0, 0.1) is 0 Å². The van der Waals surface area contributed by atoms with Gasteiger partial charge in [-0.25, -0.2) is 10.6 Å². The van der Waals surface area contributed by atoms with Crippen molar-refractivity contribution in [1.82, 2.24) is 15.7 Å². The first-order chi connectivity index (χ1) is 12.2. The fourth-order valence-corrected chi connectivity index (χ4v) is 2.01. The van der Waals surface area contributed by atoms with Crippen molar-refractivity contribution in [2.24, 2.45) is 5.84 Å². The molecule has 0 fully saturated rings. The van der Waals surface area contributed by atoms with Crippen LogP contribution in [-0.4, -0.2) is 23.5 Å². The number of nitrogens with one attached hydrogen (secondary N) is 2. The van der Waals surface area contributed by atoms with E-state index in [0.717, 1.165) is 11.1 Å². The van der Waals surface area contributed by atoms with Crippen LogP contribution in [0.4, 0.5) is 4.79 Å². The zero-order valence-electron chi connectivity index (χ0n) is 13.6. The molecule has 1 heterocycles. The molecular weight excluding hydrogens is 320 g/mol. The molecule has 0 saturated heterocycles. The van der Waals surface area contributed by atoms with Crippen molar-refractivity contribution in [2.45, 2.75) is 13.0 Å². The minimum atomic E-state index is -0.458. The number of ether oxygens (including phenoxy) is 1. The third-order valence-corrected chi connectivity index (χ3v) is 3.26. The van der Waals surface area contributed by atoms with Crippen molar-refractivity contribution in [3.63, 3.8) is 0 Å². The van der Waals surface area contributed by atoms with E-state index in [-0.39, 0.29) is 6.61 Å². The number of amides is 2. The largest absolute Gasteiger partial charge is 0.445 e. The summed E-state index contributed by atoms with van der Waals surface area (Å²) in [7, 11) is 0.